The number of amides is 1. The lowest BCUT2D eigenvalue weighted by molar-refractivity contribution is -0.144. The van der Waals surface area contributed by atoms with Crippen LogP contribution in [0.2, 0.25) is 5.15 Å². The van der Waals surface area contributed by atoms with E-state index in [2.05, 4.69) is 15.3 Å². The fourth-order valence-corrected chi connectivity index (χ4v) is 1.57. The maximum Gasteiger partial charge on any atom is 0.451 e. The van der Waals surface area contributed by atoms with E-state index in [1.54, 1.807) is 14.0 Å². The zero-order chi connectivity index (χ0) is 15.5. The Labute approximate surface area is 119 Å². The quantitative estimate of drug-likeness (QED) is 0.868. The number of likely N-dealkylation sites (N-methyl/N-ethyl adjacent to an activating group) is 1. The van der Waals surface area contributed by atoms with Crippen molar-refractivity contribution in [2.24, 2.45) is 0 Å². The lowest BCUT2D eigenvalue weighted by Gasteiger charge is -2.21. The topological polar surface area (TPSA) is 58.1 Å². The number of rotatable bonds is 4. The monoisotopic (exact) mass is 310 g/mol. The summed E-state index contributed by atoms with van der Waals surface area (Å²) in [5.41, 5.74) is 0. The Kier molecular flexibility index (Phi) is 5.15. The van der Waals surface area contributed by atoms with Crippen LogP contribution in [0, 0.1) is 0 Å². The van der Waals surface area contributed by atoms with Crippen molar-refractivity contribution in [3.8, 4) is 0 Å². The third kappa shape index (κ3) is 4.22. The number of aromatic nitrogens is 2. The summed E-state index contributed by atoms with van der Waals surface area (Å²) >= 11 is 5.52. The molecule has 0 fully saturated rings. The Morgan fingerprint density at radius 3 is 2.60 bits per heavy atom. The first-order valence-electron chi connectivity index (χ1n) is 5.78. The second-order valence-corrected chi connectivity index (χ2v) is 4.50. The number of halogens is 4. The molecule has 1 rings (SSSR count). The first kappa shape index (κ1) is 16.5. The molecule has 20 heavy (non-hydrogen) atoms. The number of nitrogens with zero attached hydrogens (tertiary/aromatic N) is 3. The van der Waals surface area contributed by atoms with E-state index >= 15 is 0 Å². The summed E-state index contributed by atoms with van der Waals surface area (Å²) in [5, 5.41) is 2.23. The molecule has 0 saturated heterocycles. The van der Waals surface area contributed by atoms with Crippen molar-refractivity contribution >= 4 is 23.3 Å². The van der Waals surface area contributed by atoms with Gasteiger partial charge in [0.25, 0.3) is 0 Å². The third-order valence-corrected chi connectivity index (χ3v) is 2.73. The van der Waals surface area contributed by atoms with E-state index in [0.29, 0.717) is 6.54 Å². The molecule has 0 aliphatic carbocycles. The number of anilines is 1. The molecule has 1 atom stereocenters. The van der Waals surface area contributed by atoms with Crippen LogP contribution < -0.4 is 5.32 Å². The van der Waals surface area contributed by atoms with Gasteiger partial charge in [0.15, 0.2) is 0 Å². The fourth-order valence-electron chi connectivity index (χ4n) is 1.39. The van der Waals surface area contributed by atoms with Gasteiger partial charge >= 0.3 is 6.18 Å². The molecular weight excluding hydrogens is 297 g/mol. The van der Waals surface area contributed by atoms with Crippen LogP contribution >= 0.6 is 11.6 Å². The van der Waals surface area contributed by atoms with E-state index in [9.17, 15) is 18.0 Å². The van der Waals surface area contributed by atoms with E-state index in [1.165, 1.54) is 11.8 Å². The molecule has 1 aromatic heterocycles. The van der Waals surface area contributed by atoms with Gasteiger partial charge < -0.3 is 10.2 Å². The van der Waals surface area contributed by atoms with Crippen molar-refractivity contribution in [2.75, 3.05) is 18.9 Å². The molecule has 1 aromatic rings. The third-order valence-electron chi connectivity index (χ3n) is 2.53. The molecule has 0 radical (unpaired) electrons. The van der Waals surface area contributed by atoms with Crippen molar-refractivity contribution in [3.05, 3.63) is 17.0 Å². The first-order chi connectivity index (χ1) is 9.15. The minimum atomic E-state index is -4.70. The zero-order valence-electron chi connectivity index (χ0n) is 11.1. The molecule has 0 bridgehead atoms. The average molecular weight is 311 g/mol. The molecule has 0 aromatic carbocycles. The van der Waals surface area contributed by atoms with Gasteiger partial charge in [-0.25, -0.2) is 9.97 Å². The van der Waals surface area contributed by atoms with Crippen LogP contribution in [0.1, 0.15) is 19.7 Å². The second kappa shape index (κ2) is 6.25. The summed E-state index contributed by atoms with van der Waals surface area (Å²) in [7, 11) is 1.59. The number of nitrogens with one attached hydrogen (secondary N) is 1. The lowest BCUT2D eigenvalue weighted by Crippen LogP contribution is -2.39. The summed E-state index contributed by atoms with van der Waals surface area (Å²) in [5.74, 6) is -1.77. The van der Waals surface area contributed by atoms with Crippen molar-refractivity contribution in [3.63, 3.8) is 0 Å². The highest BCUT2D eigenvalue weighted by molar-refractivity contribution is 6.29. The van der Waals surface area contributed by atoms with Crippen LogP contribution in [-0.2, 0) is 11.0 Å². The summed E-state index contributed by atoms with van der Waals surface area (Å²) < 4.78 is 37.6. The van der Waals surface area contributed by atoms with Crippen LogP contribution in [0.3, 0.4) is 0 Å². The van der Waals surface area contributed by atoms with E-state index in [0.717, 1.165) is 6.07 Å². The van der Waals surface area contributed by atoms with Gasteiger partial charge in [-0.3, -0.25) is 4.79 Å². The Hall–Kier alpha value is -1.57. The van der Waals surface area contributed by atoms with Crippen LogP contribution in [0.25, 0.3) is 0 Å². The summed E-state index contributed by atoms with van der Waals surface area (Å²) in [6, 6.07) is 0.402. The highest BCUT2D eigenvalue weighted by Crippen LogP contribution is 2.28. The Morgan fingerprint density at radius 2 is 2.10 bits per heavy atom. The van der Waals surface area contributed by atoms with E-state index in [4.69, 9.17) is 11.6 Å². The van der Waals surface area contributed by atoms with Gasteiger partial charge in [-0.1, -0.05) is 11.6 Å². The predicted molar refractivity (Wildman–Crippen MR) is 68.4 cm³/mol. The number of hydrogen-bond acceptors (Lipinski definition) is 4. The predicted octanol–water partition coefficient (Wildman–Crippen LogP) is 2.43. The van der Waals surface area contributed by atoms with Crippen molar-refractivity contribution in [1.82, 2.24) is 14.9 Å². The van der Waals surface area contributed by atoms with Gasteiger partial charge in [-0.05, 0) is 13.8 Å². The maximum absolute atomic E-state index is 12.5. The summed E-state index contributed by atoms with van der Waals surface area (Å²) in [6.07, 6.45) is -4.70. The minimum absolute atomic E-state index is 0.150. The normalized spacial score (nSPS) is 12.9. The number of alkyl halides is 3. The average Bonchev–Trinajstić information content (AvgIpc) is 2.35. The van der Waals surface area contributed by atoms with Gasteiger partial charge in [0, 0.05) is 19.7 Å². The molecule has 1 unspecified atom stereocenters. The highest BCUT2D eigenvalue weighted by atomic mass is 35.5. The Balaban J connectivity index is 2.93. The molecule has 0 aliphatic rings. The number of hydrogen-bond donors (Lipinski definition) is 1. The van der Waals surface area contributed by atoms with Gasteiger partial charge in [-0.2, -0.15) is 13.2 Å². The van der Waals surface area contributed by atoms with Gasteiger partial charge in [0.05, 0.1) is 0 Å². The number of carbonyl (C=O) groups is 1. The maximum atomic E-state index is 12.5. The molecule has 0 saturated carbocycles. The summed E-state index contributed by atoms with van der Waals surface area (Å²) in [6.45, 7) is 3.80. The van der Waals surface area contributed by atoms with Gasteiger partial charge in [0.1, 0.15) is 17.0 Å². The molecule has 112 valence electrons. The summed E-state index contributed by atoms with van der Waals surface area (Å²) in [4.78, 5) is 19.7. The molecular formula is C11H14ClF3N4O. The van der Waals surface area contributed by atoms with E-state index < -0.39 is 18.0 Å². The van der Waals surface area contributed by atoms with E-state index in [-0.39, 0.29) is 16.9 Å². The van der Waals surface area contributed by atoms with Crippen LogP contribution in [0.15, 0.2) is 6.07 Å². The van der Waals surface area contributed by atoms with Crippen molar-refractivity contribution < 1.29 is 18.0 Å². The van der Waals surface area contributed by atoms with E-state index in [1.807, 2.05) is 0 Å². The largest absolute Gasteiger partial charge is 0.451 e. The van der Waals surface area contributed by atoms with Crippen molar-refractivity contribution in [1.29, 1.82) is 0 Å². The van der Waals surface area contributed by atoms with Crippen LogP contribution in [-0.4, -0.2) is 40.4 Å². The molecule has 0 spiro atoms. The second-order valence-electron chi connectivity index (χ2n) is 4.12. The molecule has 5 nitrogen and oxygen atoms in total. The zero-order valence-corrected chi connectivity index (χ0v) is 11.9. The molecule has 1 heterocycles. The van der Waals surface area contributed by atoms with Crippen molar-refractivity contribution in [2.45, 2.75) is 26.1 Å². The SMILES string of the molecule is CCN(C)C(=O)C(C)Nc1cc(Cl)nc(C(F)(F)F)n1. The molecule has 1 N–H and O–H groups in total. The smallest absolute Gasteiger partial charge is 0.358 e. The van der Waals surface area contributed by atoms with Crippen LogP contribution in [0.5, 0.6) is 0 Å². The minimum Gasteiger partial charge on any atom is -0.358 e. The highest BCUT2D eigenvalue weighted by Gasteiger charge is 2.35. The molecule has 1 amide bonds. The van der Waals surface area contributed by atoms with Gasteiger partial charge in [-0.15, -0.1) is 0 Å². The Bertz CT molecular complexity index is 495. The Morgan fingerprint density at radius 1 is 1.50 bits per heavy atom. The molecule has 9 heteroatoms. The van der Waals surface area contributed by atoms with Crippen LogP contribution in [0.4, 0.5) is 19.0 Å². The molecule has 0 aliphatic heterocycles. The first-order valence-corrected chi connectivity index (χ1v) is 6.16. The fraction of sp³-hybridized carbons (Fsp3) is 0.545. The standard InChI is InChI=1S/C11H14ClF3N4O/c1-4-19(3)9(20)6(2)16-8-5-7(12)17-10(18-8)11(13,14)15/h5-6H,4H2,1-3H3,(H,16,17,18). The number of carbonyl (C=O) groups excluding carboxylic acids is 1. The lowest BCUT2D eigenvalue weighted by atomic mass is 10.3. The van der Waals surface area contributed by atoms with Gasteiger partial charge in [0.2, 0.25) is 11.7 Å².